The molecule has 6 heteroatoms. The average Bonchev–Trinajstić information content (AvgIpc) is 2.91. The van der Waals surface area contributed by atoms with Gasteiger partial charge in [0.25, 0.3) is 0 Å². The van der Waals surface area contributed by atoms with E-state index in [0.29, 0.717) is 12.3 Å². The van der Waals surface area contributed by atoms with Crippen LogP contribution in [0.2, 0.25) is 0 Å². The summed E-state index contributed by atoms with van der Waals surface area (Å²) >= 11 is 0. The predicted octanol–water partition coefficient (Wildman–Crippen LogP) is 1.99. The Kier molecular flexibility index (Phi) is 4.87. The van der Waals surface area contributed by atoms with Crippen LogP contribution in [0, 0.1) is 5.92 Å². The Morgan fingerprint density at radius 1 is 1.30 bits per heavy atom. The molecule has 1 unspecified atom stereocenters. The fraction of sp³-hybridized carbons (Fsp3) is 0.357. The van der Waals surface area contributed by atoms with E-state index in [1.165, 1.54) is 0 Å². The summed E-state index contributed by atoms with van der Waals surface area (Å²) in [5, 5.41) is 6.19. The first-order chi connectivity index (χ1) is 9.31. The zero-order valence-corrected chi connectivity index (χ0v) is 11.8. The molecule has 2 heterocycles. The summed E-state index contributed by atoms with van der Waals surface area (Å²) in [7, 11) is 0. The predicted molar refractivity (Wildman–Crippen MR) is 81.0 cm³/mol. The van der Waals surface area contributed by atoms with E-state index in [1.807, 2.05) is 18.2 Å². The van der Waals surface area contributed by atoms with E-state index in [9.17, 15) is 4.79 Å². The second-order valence-electron chi connectivity index (χ2n) is 4.87. The number of benzene rings is 1. The van der Waals surface area contributed by atoms with Gasteiger partial charge in [-0.3, -0.25) is 14.8 Å². The summed E-state index contributed by atoms with van der Waals surface area (Å²) in [6, 6.07) is 5.59. The molecule has 20 heavy (non-hydrogen) atoms. The minimum atomic E-state index is 0. The molecule has 5 nitrogen and oxygen atoms in total. The summed E-state index contributed by atoms with van der Waals surface area (Å²) in [4.78, 5) is 20.4. The lowest BCUT2D eigenvalue weighted by atomic mass is 10.0. The number of carbonyl (C=O) groups excluding carboxylic acids is 1. The SMILES string of the molecule is Cl.O=C(CC1CCNC1)Nc1ccc2nccnc2c1. The van der Waals surface area contributed by atoms with Crippen molar-refractivity contribution >= 4 is 35.0 Å². The van der Waals surface area contributed by atoms with Crippen molar-refractivity contribution < 1.29 is 4.79 Å². The molecule has 0 saturated carbocycles. The Bertz CT molecular complexity index is 598. The van der Waals surface area contributed by atoms with E-state index < -0.39 is 0 Å². The molecule has 1 fully saturated rings. The summed E-state index contributed by atoms with van der Waals surface area (Å²) in [5.41, 5.74) is 2.41. The quantitative estimate of drug-likeness (QED) is 0.908. The Balaban J connectivity index is 0.00000147. The highest BCUT2D eigenvalue weighted by Crippen LogP contribution is 2.17. The summed E-state index contributed by atoms with van der Waals surface area (Å²) in [6.07, 6.45) is 4.97. The van der Waals surface area contributed by atoms with Gasteiger partial charge in [0, 0.05) is 24.5 Å². The van der Waals surface area contributed by atoms with E-state index in [1.54, 1.807) is 12.4 Å². The molecular weight excluding hydrogens is 276 g/mol. The van der Waals surface area contributed by atoms with Gasteiger partial charge in [-0.25, -0.2) is 0 Å². The Morgan fingerprint density at radius 3 is 2.85 bits per heavy atom. The van der Waals surface area contributed by atoms with Crippen LogP contribution in [0.1, 0.15) is 12.8 Å². The minimum Gasteiger partial charge on any atom is -0.326 e. The van der Waals surface area contributed by atoms with Gasteiger partial charge in [-0.2, -0.15) is 0 Å². The molecule has 2 N–H and O–H groups in total. The topological polar surface area (TPSA) is 66.9 Å². The average molecular weight is 293 g/mol. The van der Waals surface area contributed by atoms with E-state index in [-0.39, 0.29) is 18.3 Å². The second kappa shape index (κ2) is 6.63. The largest absolute Gasteiger partial charge is 0.326 e. The van der Waals surface area contributed by atoms with Crippen molar-refractivity contribution in [3.05, 3.63) is 30.6 Å². The summed E-state index contributed by atoms with van der Waals surface area (Å²) in [6.45, 7) is 1.96. The van der Waals surface area contributed by atoms with Crippen LogP contribution in [0.5, 0.6) is 0 Å². The number of hydrogen-bond acceptors (Lipinski definition) is 4. The van der Waals surface area contributed by atoms with Gasteiger partial charge < -0.3 is 10.6 Å². The van der Waals surface area contributed by atoms with Gasteiger partial charge in [-0.05, 0) is 43.6 Å². The maximum atomic E-state index is 11.9. The van der Waals surface area contributed by atoms with Crippen molar-refractivity contribution in [2.24, 2.45) is 5.92 Å². The van der Waals surface area contributed by atoms with E-state index in [0.717, 1.165) is 36.2 Å². The first-order valence-electron chi connectivity index (χ1n) is 6.52. The third kappa shape index (κ3) is 3.43. The van der Waals surface area contributed by atoms with Gasteiger partial charge in [0.05, 0.1) is 11.0 Å². The van der Waals surface area contributed by atoms with E-state index >= 15 is 0 Å². The molecule has 106 valence electrons. The molecule has 0 aliphatic carbocycles. The monoisotopic (exact) mass is 292 g/mol. The molecular formula is C14H17ClN4O. The van der Waals surface area contributed by atoms with Crippen LogP contribution in [0.3, 0.4) is 0 Å². The number of nitrogens with one attached hydrogen (secondary N) is 2. The van der Waals surface area contributed by atoms with Gasteiger partial charge in [-0.1, -0.05) is 0 Å². The highest BCUT2D eigenvalue weighted by Gasteiger charge is 2.18. The number of anilines is 1. The molecule has 3 rings (SSSR count). The first kappa shape index (κ1) is 14.7. The van der Waals surface area contributed by atoms with E-state index in [2.05, 4.69) is 20.6 Å². The number of fused-ring (bicyclic) bond motifs is 1. The second-order valence-corrected chi connectivity index (χ2v) is 4.87. The molecule has 0 bridgehead atoms. The fourth-order valence-corrected chi connectivity index (χ4v) is 2.40. The molecule has 1 aliphatic heterocycles. The zero-order valence-electron chi connectivity index (χ0n) is 11.0. The molecule has 1 atom stereocenters. The molecule has 1 amide bonds. The van der Waals surface area contributed by atoms with Gasteiger partial charge in [0.2, 0.25) is 5.91 Å². The Morgan fingerprint density at radius 2 is 2.10 bits per heavy atom. The molecule has 1 saturated heterocycles. The molecule has 0 radical (unpaired) electrons. The number of nitrogens with zero attached hydrogens (tertiary/aromatic N) is 2. The van der Waals surface area contributed by atoms with Crippen LogP contribution in [-0.4, -0.2) is 29.0 Å². The molecule has 2 aromatic rings. The normalized spacial score (nSPS) is 17.7. The van der Waals surface area contributed by atoms with Gasteiger partial charge >= 0.3 is 0 Å². The first-order valence-corrected chi connectivity index (χ1v) is 6.52. The highest BCUT2D eigenvalue weighted by atomic mass is 35.5. The summed E-state index contributed by atoms with van der Waals surface area (Å²) < 4.78 is 0. The standard InChI is InChI=1S/C14H16N4O.ClH/c19-14(7-10-3-4-15-9-10)18-11-1-2-12-13(8-11)17-6-5-16-12;/h1-2,5-6,8,10,15H,3-4,7,9H2,(H,18,19);1H. The number of hydrogen-bond donors (Lipinski definition) is 2. The van der Waals surface area contributed by atoms with Gasteiger partial charge in [0.15, 0.2) is 0 Å². The maximum Gasteiger partial charge on any atom is 0.224 e. The number of aromatic nitrogens is 2. The summed E-state index contributed by atoms with van der Waals surface area (Å²) in [5.74, 6) is 0.525. The third-order valence-electron chi connectivity index (χ3n) is 3.39. The maximum absolute atomic E-state index is 11.9. The van der Waals surface area contributed by atoms with Crippen molar-refractivity contribution in [2.45, 2.75) is 12.8 Å². The van der Waals surface area contributed by atoms with E-state index in [4.69, 9.17) is 0 Å². The number of amides is 1. The lowest BCUT2D eigenvalue weighted by molar-refractivity contribution is -0.116. The van der Waals surface area contributed by atoms with Crippen LogP contribution < -0.4 is 10.6 Å². The van der Waals surface area contributed by atoms with Crippen molar-refractivity contribution in [1.29, 1.82) is 0 Å². The van der Waals surface area contributed by atoms with Crippen LogP contribution in [0.15, 0.2) is 30.6 Å². The Labute approximate surface area is 123 Å². The smallest absolute Gasteiger partial charge is 0.224 e. The van der Waals surface area contributed by atoms with Crippen LogP contribution in [0.4, 0.5) is 5.69 Å². The highest BCUT2D eigenvalue weighted by molar-refractivity contribution is 5.93. The molecule has 0 spiro atoms. The molecule has 1 aliphatic rings. The third-order valence-corrected chi connectivity index (χ3v) is 3.39. The molecule has 1 aromatic heterocycles. The zero-order chi connectivity index (χ0) is 13.1. The lowest BCUT2D eigenvalue weighted by Gasteiger charge is -2.09. The number of carbonyl (C=O) groups is 1. The lowest BCUT2D eigenvalue weighted by Crippen LogP contribution is -2.18. The number of halogens is 1. The van der Waals surface area contributed by atoms with Gasteiger partial charge in [0.1, 0.15) is 0 Å². The van der Waals surface area contributed by atoms with Crippen molar-refractivity contribution in [2.75, 3.05) is 18.4 Å². The minimum absolute atomic E-state index is 0. The van der Waals surface area contributed by atoms with Crippen LogP contribution in [-0.2, 0) is 4.79 Å². The molecule has 1 aromatic carbocycles. The van der Waals surface area contributed by atoms with Crippen LogP contribution >= 0.6 is 12.4 Å². The van der Waals surface area contributed by atoms with Gasteiger partial charge in [-0.15, -0.1) is 12.4 Å². The fourth-order valence-electron chi connectivity index (χ4n) is 2.40. The Hall–Kier alpha value is -1.72. The van der Waals surface area contributed by atoms with Crippen molar-refractivity contribution in [3.8, 4) is 0 Å². The van der Waals surface area contributed by atoms with Crippen LogP contribution in [0.25, 0.3) is 11.0 Å². The number of rotatable bonds is 3. The van der Waals surface area contributed by atoms with Crippen molar-refractivity contribution in [1.82, 2.24) is 15.3 Å². The van der Waals surface area contributed by atoms with Crippen molar-refractivity contribution in [3.63, 3.8) is 0 Å².